The van der Waals surface area contributed by atoms with E-state index < -0.39 is 0 Å². The second-order valence-electron chi connectivity index (χ2n) is 7.85. The Morgan fingerprint density at radius 2 is 1.88 bits per heavy atom. The van der Waals surface area contributed by atoms with Crippen LogP contribution in [0.25, 0.3) is 0 Å². The Morgan fingerprint density at radius 1 is 1.09 bits per heavy atom. The van der Waals surface area contributed by atoms with Crippen molar-refractivity contribution in [2.75, 3.05) is 31.3 Å². The van der Waals surface area contributed by atoms with Gasteiger partial charge in [0.15, 0.2) is 4.34 Å². The smallest absolute Gasteiger partial charge is 0.253 e. The van der Waals surface area contributed by atoms with Crippen molar-refractivity contribution in [3.05, 3.63) is 59.7 Å². The van der Waals surface area contributed by atoms with Gasteiger partial charge in [-0.05, 0) is 49.1 Å². The molecule has 10 heteroatoms. The molecule has 1 aliphatic heterocycles. The minimum Gasteiger partial charge on any atom is -0.497 e. The van der Waals surface area contributed by atoms with Crippen LogP contribution in [0, 0.1) is 0 Å². The summed E-state index contributed by atoms with van der Waals surface area (Å²) in [5.74, 6) is 1.00. The number of methoxy groups -OCH3 is 1. The highest BCUT2D eigenvalue weighted by molar-refractivity contribution is 8.01. The van der Waals surface area contributed by atoms with E-state index in [9.17, 15) is 9.59 Å². The Hall–Kier alpha value is -3.11. The number of piperidine rings is 1. The van der Waals surface area contributed by atoms with E-state index in [-0.39, 0.29) is 17.6 Å². The van der Waals surface area contributed by atoms with E-state index in [0.717, 1.165) is 42.9 Å². The lowest BCUT2D eigenvalue weighted by Gasteiger charge is -2.26. The van der Waals surface area contributed by atoms with Crippen LogP contribution in [0.1, 0.15) is 35.2 Å². The molecule has 3 aromatic rings. The molecule has 0 spiro atoms. The lowest BCUT2D eigenvalue weighted by atomic mass is 10.1. The molecule has 1 fully saturated rings. The van der Waals surface area contributed by atoms with E-state index in [1.807, 2.05) is 53.4 Å². The van der Waals surface area contributed by atoms with Crippen molar-refractivity contribution in [1.29, 1.82) is 0 Å². The number of carbonyl (C=O) groups excluding carboxylic acids is 2. The average molecular weight is 498 g/mol. The summed E-state index contributed by atoms with van der Waals surface area (Å²) in [5, 5.41) is 15.0. The van der Waals surface area contributed by atoms with Crippen LogP contribution < -0.4 is 15.4 Å². The summed E-state index contributed by atoms with van der Waals surface area (Å²) in [4.78, 5) is 26.8. The molecule has 1 aliphatic rings. The first-order chi connectivity index (χ1) is 16.6. The Kier molecular flexibility index (Phi) is 8.37. The monoisotopic (exact) mass is 497 g/mol. The average Bonchev–Trinajstić information content (AvgIpc) is 3.34. The van der Waals surface area contributed by atoms with Crippen molar-refractivity contribution in [2.45, 2.75) is 30.1 Å². The van der Waals surface area contributed by atoms with Gasteiger partial charge >= 0.3 is 0 Å². The third-order valence-electron chi connectivity index (χ3n) is 5.39. The van der Waals surface area contributed by atoms with E-state index >= 15 is 0 Å². The molecule has 0 saturated carbocycles. The molecule has 0 atom stereocenters. The number of carbonyl (C=O) groups is 2. The molecule has 1 saturated heterocycles. The Morgan fingerprint density at radius 3 is 2.65 bits per heavy atom. The van der Waals surface area contributed by atoms with Gasteiger partial charge in [-0.1, -0.05) is 41.3 Å². The summed E-state index contributed by atoms with van der Waals surface area (Å²) in [6.07, 6.45) is 3.34. The highest BCUT2D eigenvalue weighted by Gasteiger charge is 2.18. The van der Waals surface area contributed by atoms with Crippen LogP contribution >= 0.6 is 23.1 Å². The number of hydrogen-bond acceptors (Lipinski definition) is 8. The van der Waals surface area contributed by atoms with Crippen molar-refractivity contribution in [3.63, 3.8) is 0 Å². The molecule has 2 heterocycles. The zero-order valence-corrected chi connectivity index (χ0v) is 20.6. The first kappa shape index (κ1) is 24.0. The van der Waals surface area contributed by atoms with Gasteiger partial charge < -0.3 is 20.3 Å². The maximum absolute atomic E-state index is 12.6. The number of thioether (sulfide) groups is 1. The Balaban J connectivity index is 1.20. The third kappa shape index (κ3) is 6.71. The number of aromatic nitrogens is 2. The lowest BCUT2D eigenvalue weighted by Crippen LogP contribution is -2.35. The number of likely N-dealkylation sites (tertiary alicyclic amines) is 1. The molecule has 4 rings (SSSR count). The fraction of sp³-hybridized carbons (Fsp3) is 0.333. The molecule has 0 bridgehead atoms. The predicted molar refractivity (Wildman–Crippen MR) is 135 cm³/mol. The second kappa shape index (κ2) is 11.8. The van der Waals surface area contributed by atoms with E-state index in [1.165, 1.54) is 29.5 Å². The summed E-state index contributed by atoms with van der Waals surface area (Å²) in [6.45, 7) is 2.08. The van der Waals surface area contributed by atoms with Crippen molar-refractivity contribution < 1.29 is 14.3 Å². The van der Waals surface area contributed by atoms with Crippen LogP contribution in [0.15, 0.2) is 52.9 Å². The molecule has 2 N–H and O–H groups in total. The number of anilines is 2. The van der Waals surface area contributed by atoms with Crippen molar-refractivity contribution in [3.8, 4) is 5.75 Å². The van der Waals surface area contributed by atoms with Crippen LogP contribution in [0.4, 0.5) is 10.8 Å². The van der Waals surface area contributed by atoms with Crippen molar-refractivity contribution in [2.24, 2.45) is 0 Å². The van der Waals surface area contributed by atoms with Gasteiger partial charge in [0.25, 0.3) is 5.91 Å². The van der Waals surface area contributed by atoms with Gasteiger partial charge in [0.2, 0.25) is 11.0 Å². The topological polar surface area (TPSA) is 96.5 Å². The molecule has 0 radical (unpaired) electrons. The molecular formula is C24H27N5O3S2. The minimum absolute atomic E-state index is 0.0870. The first-order valence-electron chi connectivity index (χ1n) is 11.1. The summed E-state index contributed by atoms with van der Waals surface area (Å²) in [7, 11) is 1.62. The van der Waals surface area contributed by atoms with E-state index in [2.05, 4.69) is 20.8 Å². The second-order valence-corrected chi connectivity index (χ2v) is 10.0. The summed E-state index contributed by atoms with van der Waals surface area (Å²) >= 11 is 2.73. The Bertz CT molecular complexity index is 1110. The van der Waals surface area contributed by atoms with Gasteiger partial charge in [-0.25, -0.2) is 0 Å². The van der Waals surface area contributed by atoms with Gasteiger partial charge in [0.1, 0.15) is 5.75 Å². The number of nitrogens with zero attached hydrogens (tertiary/aromatic N) is 3. The zero-order chi connectivity index (χ0) is 23.8. The Labute approximate surface area is 207 Å². The summed E-state index contributed by atoms with van der Waals surface area (Å²) in [5.41, 5.74) is 2.50. The van der Waals surface area contributed by atoms with Gasteiger partial charge in [0, 0.05) is 37.0 Å². The van der Waals surface area contributed by atoms with Crippen molar-refractivity contribution in [1.82, 2.24) is 20.4 Å². The standard InChI is InChI=1S/C24H27N5O3S2/c1-32-20-7-5-6-19(14-20)26-23-27-28-24(34-23)33-16-21(30)25-15-17-8-10-18(11-9-17)22(31)29-12-3-2-4-13-29/h5-11,14H,2-4,12-13,15-16H2,1H3,(H,25,30)(H,26,27). The molecule has 1 aromatic heterocycles. The minimum atomic E-state index is -0.0871. The lowest BCUT2D eigenvalue weighted by molar-refractivity contribution is -0.118. The molecule has 2 amide bonds. The third-order valence-corrected chi connectivity index (χ3v) is 7.36. The molecule has 0 aliphatic carbocycles. The maximum atomic E-state index is 12.6. The normalized spacial score (nSPS) is 13.4. The zero-order valence-electron chi connectivity index (χ0n) is 19.0. The molecule has 34 heavy (non-hydrogen) atoms. The first-order valence-corrected chi connectivity index (χ1v) is 12.9. The van der Waals surface area contributed by atoms with Gasteiger partial charge in [-0.2, -0.15) is 0 Å². The maximum Gasteiger partial charge on any atom is 0.253 e. The SMILES string of the molecule is COc1cccc(Nc2nnc(SCC(=O)NCc3ccc(C(=O)N4CCCCC4)cc3)s2)c1. The van der Waals surface area contributed by atoms with E-state index in [0.29, 0.717) is 21.6 Å². The fourth-order valence-corrected chi connectivity index (χ4v) is 5.17. The van der Waals surface area contributed by atoms with Gasteiger partial charge in [-0.15, -0.1) is 10.2 Å². The van der Waals surface area contributed by atoms with Crippen LogP contribution in [0.2, 0.25) is 0 Å². The summed E-state index contributed by atoms with van der Waals surface area (Å²) < 4.78 is 5.93. The number of amides is 2. The van der Waals surface area contributed by atoms with Crippen LogP contribution in [0.5, 0.6) is 5.75 Å². The number of rotatable bonds is 9. The van der Waals surface area contributed by atoms with Gasteiger partial charge in [-0.3, -0.25) is 9.59 Å². The predicted octanol–water partition coefficient (Wildman–Crippen LogP) is 4.32. The molecule has 2 aromatic carbocycles. The quantitative estimate of drug-likeness (QED) is 0.425. The molecular weight excluding hydrogens is 470 g/mol. The summed E-state index contributed by atoms with van der Waals surface area (Å²) in [6, 6.07) is 15.0. The van der Waals surface area contributed by atoms with Crippen molar-refractivity contribution >= 4 is 45.7 Å². The highest BCUT2D eigenvalue weighted by atomic mass is 32.2. The number of hydrogen-bond donors (Lipinski definition) is 2. The fourth-order valence-electron chi connectivity index (χ4n) is 3.57. The van der Waals surface area contributed by atoms with E-state index in [4.69, 9.17) is 4.74 Å². The van der Waals surface area contributed by atoms with Crippen LogP contribution in [-0.4, -0.2) is 52.9 Å². The largest absolute Gasteiger partial charge is 0.497 e. The van der Waals surface area contributed by atoms with E-state index in [1.54, 1.807) is 7.11 Å². The highest BCUT2D eigenvalue weighted by Crippen LogP contribution is 2.28. The molecule has 0 unspecified atom stereocenters. The molecule has 8 nitrogen and oxygen atoms in total. The van der Waals surface area contributed by atoms with Gasteiger partial charge in [0.05, 0.1) is 12.9 Å². The molecule has 178 valence electrons. The number of nitrogens with one attached hydrogen (secondary N) is 2. The van der Waals surface area contributed by atoms with Crippen LogP contribution in [-0.2, 0) is 11.3 Å². The number of benzene rings is 2. The number of ether oxygens (including phenoxy) is 1. The van der Waals surface area contributed by atoms with Crippen LogP contribution in [0.3, 0.4) is 0 Å².